The third-order valence-electron chi connectivity index (χ3n) is 0.844. The molecule has 0 saturated carbocycles. The lowest BCUT2D eigenvalue weighted by Gasteiger charge is -1.86. The average molecular weight is 123 g/mol. The lowest BCUT2D eigenvalue weighted by molar-refractivity contribution is 0.628. The van der Waals surface area contributed by atoms with Gasteiger partial charge in [0.2, 0.25) is 0 Å². The van der Waals surface area contributed by atoms with Gasteiger partial charge in [-0.3, -0.25) is 0 Å². The Bertz CT molecular complexity index is 147. The predicted octanol–water partition coefficient (Wildman–Crippen LogP) is 0.619. The molecule has 0 unspecified atom stereocenters. The Morgan fingerprint density at radius 3 is 2.00 bits per heavy atom. The summed E-state index contributed by atoms with van der Waals surface area (Å²) >= 11 is 0. The number of hydrogen-bond acceptors (Lipinski definition) is 0. The van der Waals surface area contributed by atoms with Gasteiger partial charge >= 0.3 is 0 Å². The van der Waals surface area contributed by atoms with Crippen LogP contribution in [0.25, 0.3) is 0 Å². The van der Waals surface area contributed by atoms with Gasteiger partial charge in [-0.05, 0) is 12.1 Å². The van der Waals surface area contributed by atoms with Crippen LogP contribution in [0.4, 0.5) is 4.39 Å². The lowest BCUT2D eigenvalue weighted by atomic mass is 10.3. The molecule has 0 N–H and O–H groups in total. The van der Waals surface area contributed by atoms with Crippen molar-refractivity contribution in [2.24, 2.45) is 0 Å². The van der Waals surface area contributed by atoms with Crippen molar-refractivity contribution in [3.8, 4) is 0 Å². The van der Waals surface area contributed by atoms with Crippen molar-refractivity contribution in [2.45, 2.75) is 0 Å². The molecular weight excluding hydrogens is 119 g/mol. The zero-order valence-corrected chi connectivity index (χ0v) is 5.19. The van der Waals surface area contributed by atoms with Crippen molar-refractivity contribution >= 4 is 15.4 Å². The van der Waals surface area contributed by atoms with Gasteiger partial charge in [0.15, 0.2) is 0 Å². The Morgan fingerprint density at radius 1 is 1.12 bits per heavy atom. The second-order valence-corrected chi connectivity index (χ2v) is 2.08. The third-order valence-corrected chi connectivity index (χ3v) is 1.18. The van der Waals surface area contributed by atoms with Gasteiger partial charge in [-0.1, -0.05) is 17.3 Å². The van der Waals surface area contributed by atoms with E-state index in [0.717, 1.165) is 5.19 Å². The first-order chi connectivity index (χ1) is 3.79. The molecule has 39 valence electrons. The summed E-state index contributed by atoms with van der Waals surface area (Å²) in [5.41, 5.74) is 0. The summed E-state index contributed by atoms with van der Waals surface area (Å²) in [5.74, 6) is -0.202. The molecule has 0 aliphatic carbocycles. The van der Waals surface area contributed by atoms with Crippen molar-refractivity contribution in [3.63, 3.8) is 0 Å². The molecule has 0 bridgehead atoms. The maximum atomic E-state index is 12.1. The van der Waals surface area contributed by atoms with Crippen LogP contribution in [0.5, 0.6) is 0 Å². The quantitative estimate of drug-likeness (QED) is 0.444. The molecule has 0 saturated heterocycles. The van der Waals surface area contributed by atoms with Crippen LogP contribution in [0, 0.1) is 5.82 Å². The smallest absolute Gasteiger partial charge is 0.123 e. The Balaban J connectivity index is 3.03. The van der Waals surface area contributed by atoms with Crippen LogP contribution in [0.15, 0.2) is 24.3 Å². The summed E-state index contributed by atoms with van der Waals surface area (Å²) in [7, 11) is 3.22. The largest absolute Gasteiger partial charge is 0.207 e. The highest BCUT2D eigenvalue weighted by Crippen LogP contribution is 1.89. The molecule has 0 amide bonds. The van der Waals surface area contributed by atoms with Crippen molar-refractivity contribution < 1.29 is 4.39 Å². The molecule has 1 aromatic rings. The van der Waals surface area contributed by atoms with Gasteiger partial charge in [-0.15, -0.1) is 0 Å². The van der Waals surface area contributed by atoms with Crippen LogP contribution in [-0.2, 0) is 0 Å². The van der Waals surface area contributed by atoms with Gasteiger partial charge in [-0.25, -0.2) is 4.39 Å². The van der Waals surface area contributed by atoms with E-state index in [-0.39, 0.29) is 5.82 Å². The minimum absolute atomic E-state index is 0.202. The van der Waals surface area contributed by atoms with E-state index in [1.165, 1.54) is 12.1 Å². The van der Waals surface area contributed by atoms with Crippen LogP contribution < -0.4 is 5.19 Å². The maximum absolute atomic E-state index is 12.1. The Hall–Kier alpha value is -0.633. The van der Waals surface area contributed by atoms with Crippen LogP contribution in [-0.4, -0.2) is 10.2 Å². The Morgan fingerprint density at radius 2 is 1.62 bits per heavy atom. The molecule has 0 nitrogen and oxygen atoms in total. The van der Waals surface area contributed by atoms with E-state index in [2.05, 4.69) is 10.2 Å². The summed E-state index contributed by atoms with van der Waals surface area (Å²) in [4.78, 5) is 0. The normalized spacial score (nSPS) is 9.25. The highest BCUT2D eigenvalue weighted by molar-refractivity contribution is 6.32. The summed E-state index contributed by atoms with van der Waals surface area (Å²) < 4.78 is 12.1. The van der Waals surface area contributed by atoms with E-state index >= 15 is 0 Å². The molecule has 0 heterocycles. The van der Waals surface area contributed by atoms with E-state index in [1.807, 2.05) is 0 Å². The van der Waals surface area contributed by atoms with Gasteiger partial charge in [0.1, 0.15) is 5.82 Å². The van der Waals surface area contributed by atoms with Crippen LogP contribution in [0.2, 0.25) is 0 Å². The van der Waals surface area contributed by atoms with Gasteiger partial charge in [-0.2, -0.15) is 0 Å². The maximum Gasteiger partial charge on any atom is 0.123 e. The Kier molecular flexibility index (Phi) is 1.44. The molecule has 0 aliphatic heterocycles. The topological polar surface area (TPSA) is 0 Å². The SMILES string of the molecule is Fc1ccc([Si])cc1. The summed E-state index contributed by atoms with van der Waals surface area (Å²) in [6.07, 6.45) is 0. The monoisotopic (exact) mass is 123 g/mol. The molecule has 0 fully saturated rings. The Labute approximate surface area is 50.8 Å². The second-order valence-electron chi connectivity index (χ2n) is 1.51. The fourth-order valence-corrected chi connectivity index (χ4v) is 0.617. The molecule has 2 heteroatoms. The van der Waals surface area contributed by atoms with Crippen molar-refractivity contribution in [1.29, 1.82) is 0 Å². The van der Waals surface area contributed by atoms with Gasteiger partial charge < -0.3 is 0 Å². The van der Waals surface area contributed by atoms with E-state index in [1.54, 1.807) is 12.1 Å². The molecule has 8 heavy (non-hydrogen) atoms. The molecule has 3 radical (unpaired) electrons. The molecule has 1 rings (SSSR count). The molecule has 0 aromatic heterocycles. The van der Waals surface area contributed by atoms with Crippen molar-refractivity contribution in [2.75, 3.05) is 0 Å². The first kappa shape index (κ1) is 5.50. The van der Waals surface area contributed by atoms with Crippen LogP contribution in [0.3, 0.4) is 0 Å². The van der Waals surface area contributed by atoms with Gasteiger partial charge in [0.05, 0.1) is 10.2 Å². The fourth-order valence-electron chi connectivity index (χ4n) is 0.450. The van der Waals surface area contributed by atoms with Crippen LogP contribution >= 0.6 is 0 Å². The summed E-state index contributed by atoms with van der Waals surface area (Å²) in [6, 6.07) is 6.13. The number of hydrogen-bond donors (Lipinski definition) is 0. The first-order valence-corrected chi connectivity index (χ1v) is 2.76. The highest BCUT2D eigenvalue weighted by atomic mass is 28.1. The predicted molar refractivity (Wildman–Crippen MR) is 31.8 cm³/mol. The lowest BCUT2D eigenvalue weighted by Crippen LogP contribution is -1.98. The second kappa shape index (κ2) is 2.09. The van der Waals surface area contributed by atoms with Crippen molar-refractivity contribution in [1.82, 2.24) is 0 Å². The van der Waals surface area contributed by atoms with Gasteiger partial charge in [0.25, 0.3) is 0 Å². The number of benzene rings is 1. The average Bonchev–Trinajstić information content (AvgIpc) is 1.77. The first-order valence-electron chi connectivity index (χ1n) is 2.26. The summed E-state index contributed by atoms with van der Waals surface area (Å²) in [5, 5.41) is 0.895. The number of rotatable bonds is 0. The van der Waals surface area contributed by atoms with Crippen molar-refractivity contribution in [3.05, 3.63) is 30.1 Å². The molecule has 0 atom stereocenters. The molecular formula is C6H4FSi. The molecule has 0 aliphatic rings. The minimum atomic E-state index is -0.202. The minimum Gasteiger partial charge on any atom is -0.207 e. The van der Waals surface area contributed by atoms with E-state index in [9.17, 15) is 4.39 Å². The van der Waals surface area contributed by atoms with E-state index in [0.29, 0.717) is 0 Å². The number of halogens is 1. The van der Waals surface area contributed by atoms with E-state index < -0.39 is 0 Å². The van der Waals surface area contributed by atoms with Crippen LogP contribution in [0.1, 0.15) is 0 Å². The molecule has 0 spiro atoms. The standard InChI is InChI=1S/C6H4FSi/c7-5-1-3-6(8)4-2-5/h1-4H. The zero-order chi connectivity index (χ0) is 5.98. The van der Waals surface area contributed by atoms with E-state index in [4.69, 9.17) is 0 Å². The fraction of sp³-hybridized carbons (Fsp3) is 0. The third kappa shape index (κ3) is 1.17. The van der Waals surface area contributed by atoms with Gasteiger partial charge in [0, 0.05) is 0 Å². The summed E-state index contributed by atoms with van der Waals surface area (Å²) in [6.45, 7) is 0. The zero-order valence-electron chi connectivity index (χ0n) is 4.19. The molecule has 1 aromatic carbocycles. The highest BCUT2D eigenvalue weighted by Gasteiger charge is 1.83.